The lowest BCUT2D eigenvalue weighted by atomic mass is 10.1. The Hall–Kier alpha value is -1.86. The van der Waals surface area contributed by atoms with Gasteiger partial charge in [0.2, 0.25) is 0 Å². The molecule has 98 valence electrons. The van der Waals surface area contributed by atoms with Gasteiger partial charge in [-0.1, -0.05) is 6.07 Å². The second-order valence-corrected chi connectivity index (χ2v) is 5.11. The van der Waals surface area contributed by atoms with Crippen molar-refractivity contribution in [3.63, 3.8) is 0 Å². The third kappa shape index (κ3) is 2.47. The Kier molecular flexibility index (Phi) is 3.22. The highest BCUT2D eigenvalue weighted by molar-refractivity contribution is 5.95. The molecule has 1 fully saturated rings. The lowest BCUT2D eigenvalue weighted by Crippen LogP contribution is -2.34. The number of hydrogen-bond acceptors (Lipinski definition) is 3. The maximum absolute atomic E-state index is 12.5. The van der Waals surface area contributed by atoms with E-state index in [1.54, 1.807) is 0 Å². The van der Waals surface area contributed by atoms with Crippen molar-refractivity contribution in [2.75, 3.05) is 6.54 Å². The molecule has 1 aromatic carbocycles. The van der Waals surface area contributed by atoms with E-state index in [1.807, 2.05) is 23.1 Å². The minimum atomic E-state index is 0.0486. The van der Waals surface area contributed by atoms with E-state index in [4.69, 9.17) is 10.00 Å². The highest BCUT2D eigenvalue weighted by Gasteiger charge is 2.32. The Morgan fingerprint density at radius 3 is 2.89 bits per heavy atom. The number of carbonyl (C=O) groups excluding carboxylic acids is 1. The fourth-order valence-corrected chi connectivity index (χ4v) is 2.48. The summed E-state index contributed by atoms with van der Waals surface area (Å²) in [6.45, 7) is 1.77. The molecular weight excluding hydrogens is 240 g/mol. The lowest BCUT2D eigenvalue weighted by molar-refractivity contribution is 0.0746. The molecule has 0 spiro atoms. The van der Waals surface area contributed by atoms with Crippen molar-refractivity contribution >= 4 is 5.91 Å². The van der Waals surface area contributed by atoms with E-state index in [9.17, 15) is 4.79 Å². The van der Waals surface area contributed by atoms with Gasteiger partial charge in [0.15, 0.2) is 0 Å². The van der Waals surface area contributed by atoms with Crippen molar-refractivity contribution < 1.29 is 9.53 Å². The van der Waals surface area contributed by atoms with Crippen molar-refractivity contribution in [1.82, 2.24) is 4.90 Å². The number of fused-ring (bicyclic) bond motifs is 1. The maximum atomic E-state index is 12.5. The van der Waals surface area contributed by atoms with Crippen LogP contribution in [0.15, 0.2) is 18.2 Å². The zero-order valence-electron chi connectivity index (χ0n) is 10.8. The third-order valence-electron chi connectivity index (χ3n) is 3.68. The number of rotatable bonds is 4. The van der Waals surface area contributed by atoms with E-state index in [0.717, 1.165) is 18.4 Å². The maximum Gasteiger partial charge on any atom is 0.254 e. The molecule has 1 aromatic rings. The molecule has 4 heteroatoms. The Labute approximate surface area is 112 Å². The van der Waals surface area contributed by atoms with Crippen LogP contribution in [0.5, 0.6) is 0 Å². The van der Waals surface area contributed by atoms with Gasteiger partial charge in [0.05, 0.1) is 25.7 Å². The largest absolute Gasteiger partial charge is 0.372 e. The number of benzene rings is 1. The summed E-state index contributed by atoms with van der Waals surface area (Å²) in [5.74, 6) is 0.0486. The zero-order valence-corrected chi connectivity index (χ0v) is 10.8. The molecule has 0 bridgehead atoms. The molecule has 1 saturated carbocycles. The van der Waals surface area contributed by atoms with E-state index in [0.29, 0.717) is 37.8 Å². The number of nitrogens with zero attached hydrogens (tertiary/aromatic N) is 2. The first-order valence-electron chi connectivity index (χ1n) is 6.67. The summed E-state index contributed by atoms with van der Waals surface area (Å²) < 4.78 is 5.37. The van der Waals surface area contributed by atoms with Crippen LogP contribution < -0.4 is 0 Å². The summed E-state index contributed by atoms with van der Waals surface area (Å²) in [4.78, 5) is 14.4. The number of nitriles is 1. The second-order valence-electron chi connectivity index (χ2n) is 5.11. The molecule has 1 amide bonds. The highest BCUT2D eigenvalue weighted by atomic mass is 16.5. The molecule has 1 aliphatic heterocycles. The quantitative estimate of drug-likeness (QED) is 0.830. The summed E-state index contributed by atoms with van der Waals surface area (Å²) in [6.07, 6.45) is 2.52. The first-order chi connectivity index (χ1) is 9.29. The third-order valence-corrected chi connectivity index (χ3v) is 3.68. The Bertz CT molecular complexity index is 544. The van der Waals surface area contributed by atoms with E-state index in [-0.39, 0.29) is 5.91 Å². The van der Waals surface area contributed by atoms with Gasteiger partial charge in [-0.15, -0.1) is 0 Å². The number of carbonyl (C=O) groups is 1. The standard InChI is InChI=1S/C15H16N2O2/c16-6-1-7-17(14-4-5-14)15(18)11-2-3-12-9-19-10-13(12)8-11/h2-3,8,14H,1,4-5,7,9-10H2. The van der Waals surface area contributed by atoms with Crippen molar-refractivity contribution in [3.05, 3.63) is 34.9 Å². The van der Waals surface area contributed by atoms with Gasteiger partial charge in [0.25, 0.3) is 5.91 Å². The first-order valence-corrected chi connectivity index (χ1v) is 6.67. The van der Waals surface area contributed by atoms with Crippen LogP contribution in [0.2, 0.25) is 0 Å². The van der Waals surface area contributed by atoms with Crippen molar-refractivity contribution in [2.45, 2.75) is 38.5 Å². The zero-order chi connectivity index (χ0) is 13.2. The molecule has 4 nitrogen and oxygen atoms in total. The minimum absolute atomic E-state index is 0.0486. The van der Waals surface area contributed by atoms with E-state index in [2.05, 4.69) is 6.07 Å². The fraction of sp³-hybridized carbons (Fsp3) is 0.467. The van der Waals surface area contributed by atoms with Crippen LogP contribution in [-0.2, 0) is 18.0 Å². The second kappa shape index (κ2) is 5.02. The summed E-state index contributed by atoms with van der Waals surface area (Å²) in [7, 11) is 0. The van der Waals surface area contributed by atoms with Crippen LogP contribution in [-0.4, -0.2) is 23.4 Å². The molecule has 0 unspecified atom stereocenters. The molecule has 19 heavy (non-hydrogen) atoms. The molecule has 1 heterocycles. The molecule has 0 N–H and O–H groups in total. The van der Waals surface area contributed by atoms with Crippen molar-refractivity contribution in [1.29, 1.82) is 5.26 Å². The van der Waals surface area contributed by atoms with Crippen LogP contribution in [0.4, 0.5) is 0 Å². The highest BCUT2D eigenvalue weighted by Crippen LogP contribution is 2.29. The minimum Gasteiger partial charge on any atom is -0.372 e. The van der Waals surface area contributed by atoms with Crippen LogP contribution in [0, 0.1) is 11.3 Å². The fourth-order valence-electron chi connectivity index (χ4n) is 2.48. The summed E-state index contributed by atoms with van der Waals surface area (Å²) in [5, 5.41) is 8.69. The summed E-state index contributed by atoms with van der Waals surface area (Å²) in [6, 6.07) is 8.24. The SMILES string of the molecule is N#CCCN(C(=O)c1ccc2c(c1)COC2)C1CC1. The topological polar surface area (TPSA) is 53.3 Å². The average molecular weight is 256 g/mol. The average Bonchev–Trinajstić information content (AvgIpc) is 3.15. The van der Waals surface area contributed by atoms with E-state index >= 15 is 0 Å². The van der Waals surface area contributed by atoms with Gasteiger partial charge in [0, 0.05) is 18.2 Å². The normalized spacial score (nSPS) is 16.8. The molecule has 1 aliphatic carbocycles. The van der Waals surface area contributed by atoms with Gasteiger partial charge >= 0.3 is 0 Å². The first kappa shape index (κ1) is 12.2. The van der Waals surface area contributed by atoms with Crippen LogP contribution in [0.1, 0.15) is 40.7 Å². The summed E-state index contributed by atoms with van der Waals surface area (Å²) >= 11 is 0. The lowest BCUT2D eigenvalue weighted by Gasteiger charge is -2.21. The van der Waals surface area contributed by atoms with Gasteiger partial charge in [0.1, 0.15) is 0 Å². The molecular formula is C15H16N2O2. The monoisotopic (exact) mass is 256 g/mol. The van der Waals surface area contributed by atoms with Gasteiger partial charge in [-0.25, -0.2) is 0 Å². The van der Waals surface area contributed by atoms with Crippen LogP contribution in [0.3, 0.4) is 0 Å². The van der Waals surface area contributed by atoms with Gasteiger partial charge in [-0.3, -0.25) is 4.79 Å². The Balaban J connectivity index is 1.79. The molecule has 0 aromatic heterocycles. The smallest absolute Gasteiger partial charge is 0.254 e. The number of hydrogen-bond donors (Lipinski definition) is 0. The van der Waals surface area contributed by atoms with Crippen molar-refractivity contribution in [2.24, 2.45) is 0 Å². The molecule has 2 aliphatic rings. The van der Waals surface area contributed by atoms with Crippen molar-refractivity contribution in [3.8, 4) is 6.07 Å². The number of ether oxygens (including phenoxy) is 1. The van der Waals surface area contributed by atoms with Crippen LogP contribution in [0.25, 0.3) is 0 Å². The summed E-state index contributed by atoms with van der Waals surface area (Å²) in [5.41, 5.74) is 3.00. The molecule has 0 atom stereocenters. The van der Waals surface area contributed by atoms with E-state index in [1.165, 1.54) is 5.56 Å². The van der Waals surface area contributed by atoms with Crippen LogP contribution >= 0.6 is 0 Å². The van der Waals surface area contributed by atoms with Gasteiger partial charge in [-0.2, -0.15) is 5.26 Å². The molecule has 0 radical (unpaired) electrons. The molecule has 3 rings (SSSR count). The Morgan fingerprint density at radius 2 is 2.16 bits per heavy atom. The van der Waals surface area contributed by atoms with Gasteiger partial charge < -0.3 is 9.64 Å². The van der Waals surface area contributed by atoms with E-state index < -0.39 is 0 Å². The number of amides is 1. The Morgan fingerprint density at radius 1 is 1.37 bits per heavy atom. The predicted octanol–water partition coefficient (Wildman–Crippen LogP) is 2.24. The van der Waals surface area contributed by atoms with Gasteiger partial charge in [-0.05, 0) is 36.1 Å². The molecule has 0 saturated heterocycles. The predicted molar refractivity (Wildman–Crippen MR) is 69.2 cm³/mol.